The van der Waals surface area contributed by atoms with Crippen molar-refractivity contribution in [1.82, 2.24) is 15.0 Å². The summed E-state index contributed by atoms with van der Waals surface area (Å²) >= 11 is 6.16. The average molecular weight is 237 g/mol. The molecule has 0 spiro atoms. The molecule has 5 heteroatoms. The van der Waals surface area contributed by atoms with E-state index in [9.17, 15) is 0 Å². The van der Waals surface area contributed by atoms with E-state index in [-0.39, 0.29) is 6.04 Å². The second-order valence-electron chi connectivity index (χ2n) is 3.77. The van der Waals surface area contributed by atoms with Crippen molar-refractivity contribution in [3.8, 4) is 11.3 Å². The minimum Gasteiger partial charge on any atom is -0.324 e. The van der Waals surface area contributed by atoms with E-state index in [0.29, 0.717) is 5.02 Å². The number of hydrogen-bond acceptors (Lipinski definition) is 3. The van der Waals surface area contributed by atoms with Crippen LogP contribution in [0.5, 0.6) is 0 Å². The number of rotatable bonds is 2. The van der Waals surface area contributed by atoms with Gasteiger partial charge in [0.05, 0.1) is 11.9 Å². The number of nitrogens with two attached hydrogens (primary N) is 1. The van der Waals surface area contributed by atoms with Crippen LogP contribution in [-0.2, 0) is 7.05 Å². The number of aryl methyl sites for hydroxylation is 1. The summed E-state index contributed by atoms with van der Waals surface area (Å²) in [6.07, 6.45) is 1.71. The number of nitrogens with zero attached hydrogens (tertiary/aromatic N) is 3. The molecule has 0 saturated carbocycles. The fraction of sp³-hybridized carbons (Fsp3) is 0.273. The van der Waals surface area contributed by atoms with E-state index in [1.807, 2.05) is 32.2 Å². The lowest BCUT2D eigenvalue weighted by Gasteiger charge is -2.09. The first-order valence-electron chi connectivity index (χ1n) is 4.99. The monoisotopic (exact) mass is 236 g/mol. The summed E-state index contributed by atoms with van der Waals surface area (Å²) in [6.45, 7) is 1.91. The van der Waals surface area contributed by atoms with Crippen molar-refractivity contribution in [2.24, 2.45) is 12.8 Å². The first-order chi connectivity index (χ1) is 7.59. The normalized spacial score (nSPS) is 12.8. The molecular formula is C11H13ClN4. The Labute approximate surface area is 99.0 Å². The summed E-state index contributed by atoms with van der Waals surface area (Å²) in [5, 5.41) is 8.38. The molecule has 16 heavy (non-hydrogen) atoms. The topological polar surface area (TPSA) is 56.7 Å². The molecule has 84 valence electrons. The van der Waals surface area contributed by atoms with Crippen molar-refractivity contribution in [3.05, 3.63) is 35.0 Å². The molecule has 0 aliphatic carbocycles. The van der Waals surface area contributed by atoms with Gasteiger partial charge in [0.2, 0.25) is 0 Å². The predicted octanol–water partition coefficient (Wildman–Crippen LogP) is 2.16. The molecule has 0 fully saturated rings. The van der Waals surface area contributed by atoms with Crippen LogP contribution in [0.3, 0.4) is 0 Å². The van der Waals surface area contributed by atoms with Crippen molar-refractivity contribution < 1.29 is 0 Å². The molecule has 1 atom stereocenters. The molecule has 1 unspecified atom stereocenters. The van der Waals surface area contributed by atoms with Gasteiger partial charge in [-0.3, -0.25) is 0 Å². The lowest BCUT2D eigenvalue weighted by molar-refractivity contribution is 0.720. The van der Waals surface area contributed by atoms with Gasteiger partial charge in [-0.2, -0.15) is 0 Å². The molecular weight excluding hydrogens is 224 g/mol. The lowest BCUT2D eigenvalue weighted by Crippen LogP contribution is -2.05. The average Bonchev–Trinajstić information content (AvgIpc) is 2.63. The second-order valence-corrected chi connectivity index (χ2v) is 4.18. The van der Waals surface area contributed by atoms with Crippen molar-refractivity contribution in [2.45, 2.75) is 13.0 Å². The molecule has 0 saturated heterocycles. The fourth-order valence-electron chi connectivity index (χ4n) is 1.61. The minimum absolute atomic E-state index is 0.0637. The van der Waals surface area contributed by atoms with Crippen LogP contribution in [0.4, 0.5) is 0 Å². The lowest BCUT2D eigenvalue weighted by atomic mass is 10.1. The Bertz CT molecular complexity index is 504. The highest BCUT2D eigenvalue weighted by molar-refractivity contribution is 6.31. The van der Waals surface area contributed by atoms with E-state index >= 15 is 0 Å². The number of halogens is 1. The third-order valence-electron chi connectivity index (χ3n) is 2.50. The first-order valence-corrected chi connectivity index (χ1v) is 5.37. The second kappa shape index (κ2) is 4.23. The highest BCUT2D eigenvalue weighted by atomic mass is 35.5. The van der Waals surface area contributed by atoms with Gasteiger partial charge < -0.3 is 5.73 Å². The van der Waals surface area contributed by atoms with Crippen LogP contribution in [0.1, 0.15) is 18.5 Å². The zero-order chi connectivity index (χ0) is 11.7. The molecule has 0 aliphatic rings. The van der Waals surface area contributed by atoms with Gasteiger partial charge in [0.15, 0.2) is 0 Å². The van der Waals surface area contributed by atoms with Gasteiger partial charge in [0, 0.05) is 23.7 Å². The predicted molar refractivity (Wildman–Crippen MR) is 64.1 cm³/mol. The zero-order valence-corrected chi connectivity index (χ0v) is 9.94. The van der Waals surface area contributed by atoms with Gasteiger partial charge in [-0.25, -0.2) is 4.68 Å². The van der Waals surface area contributed by atoms with Crippen LogP contribution in [0.25, 0.3) is 11.3 Å². The van der Waals surface area contributed by atoms with Gasteiger partial charge in [-0.05, 0) is 18.6 Å². The molecule has 1 aromatic carbocycles. The SMILES string of the molecule is CC(N)c1ccc(-c2cnnn2C)cc1Cl. The summed E-state index contributed by atoms with van der Waals surface area (Å²) in [6, 6.07) is 5.74. The third-order valence-corrected chi connectivity index (χ3v) is 2.83. The fourth-order valence-corrected chi connectivity index (χ4v) is 1.96. The van der Waals surface area contributed by atoms with Gasteiger partial charge in [-0.1, -0.05) is 28.9 Å². The van der Waals surface area contributed by atoms with Gasteiger partial charge in [0.1, 0.15) is 0 Å². The van der Waals surface area contributed by atoms with E-state index in [1.165, 1.54) is 0 Å². The first kappa shape index (κ1) is 11.1. The van der Waals surface area contributed by atoms with E-state index in [0.717, 1.165) is 16.8 Å². The minimum atomic E-state index is -0.0637. The van der Waals surface area contributed by atoms with Gasteiger partial charge in [-0.15, -0.1) is 5.10 Å². The van der Waals surface area contributed by atoms with E-state index in [1.54, 1.807) is 10.9 Å². The number of hydrogen-bond donors (Lipinski definition) is 1. The molecule has 1 heterocycles. The van der Waals surface area contributed by atoms with E-state index < -0.39 is 0 Å². The van der Waals surface area contributed by atoms with Crippen LogP contribution in [0.15, 0.2) is 24.4 Å². The molecule has 2 rings (SSSR count). The summed E-state index contributed by atoms with van der Waals surface area (Å²) < 4.78 is 1.71. The van der Waals surface area contributed by atoms with Gasteiger partial charge >= 0.3 is 0 Å². The van der Waals surface area contributed by atoms with E-state index in [2.05, 4.69) is 10.3 Å². The highest BCUT2D eigenvalue weighted by Gasteiger charge is 2.09. The summed E-state index contributed by atoms with van der Waals surface area (Å²) in [4.78, 5) is 0. The molecule has 2 N–H and O–H groups in total. The molecule has 0 aliphatic heterocycles. The molecule has 0 bridgehead atoms. The van der Waals surface area contributed by atoms with Crippen molar-refractivity contribution in [2.75, 3.05) is 0 Å². The molecule has 1 aromatic heterocycles. The molecule has 4 nitrogen and oxygen atoms in total. The Balaban J connectivity index is 2.46. The maximum atomic E-state index is 6.16. The Morgan fingerprint density at radius 1 is 1.44 bits per heavy atom. The summed E-state index contributed by atoms with van der Waals surface area (Å²) in [7, 11) is 1.84. The van der Waals surface area contributed by atoms with Crippen LogP contribution in [-0.4, -0.2) is 15.0 Å². The summed E-state index contributed by atoms with van der Waals surface area (Å²) in [5.41, 5.74) is 8.66. The Morgan fingerprint density at radius 2 is 2.19 bits per heavy atom. The number of benzene rings is 1. The Morgan fingerprint density at radius 3 is 2.69 bits per heavy atom. The molecule has 0 amide bonds. The zero-order valence-electron chi connectivity index (χ0n) is 9.18. The Kier molecular flexibility index (Phi) is 2.94. The molecule has 2 aromatic rings. The highest BCUT2D eigenvalue weighted by Crippen LogP contribution is 2.27. The van der Waals surface area contributed by atoms with Crippen LogP contribution in [0, 0.1) is 0 Å². The third kappa shape index (κ3) is 1.94. The smallest absolute Gasteiger partial charge is 0.0882 e. The maximum absolute atomic E-state index is 6.16. The van der Waals surface area contributed by atoms with Gasteiger partial charge in [0.25, 0.3) is 0 Å². The quantitative estimate of drug-likeness (QED) is 0.869. The summed E-state index contributed by atoms with van der Waals surface area (Å²) in [5.74, 6) is 0. The largest absolute Gasteiger partial charge is 0.324 e. The van der Waals surface area contributed by atoms with E-state index in [4.69, 9.17) is 17.3 Å². The van der Waals surface area contributed by atoms with Crippen LogP contribution in [0.2, 0.25) is 5.02 Å². The van der Waals surface area contributed by atoms with Crippen LogP contribution < -0.4 is 5.73 Å². The Hall–Kier alpha value is -1.39. The number of aromatic nitrogens is 3. The molecule has 0 radical (unpaired) electrons. The maximum Gasteiger partial charge on any atom is 0.0882 e. The van der Waals surface area contributed by atoms with Crippen molar-refractivity contribution >= 4 is 11.6 Å². The standard InChI is InChI=1S/C11H13ClN4/c1-7(13)9-4-3-8(5-10(9)12)11-6-14-15-16(11)2/h3-7H,13H2,1-2H3. The van der Waals surface area contributed by atoms with Crippen molar-refractivity contribution in [3.63, 3.8) is 0 Å². The van der Waals surface area contributed by atoms with Crippen molar-refractivity contribution in [1.29, 1.82) is 0 Å². The van der Waals surface area contributed by atoms with Crippen LogP contribution >= 0.6 is 11.6 Å².